The Morgan fingerprint density at radius 1 is 0.962 bits per heavy atom. The van der Waals surface area contributed by atoms with Gasteiger partial charge in [-0.25, -0.2) is 0 Å². The number of carbonyl (C=O) groups is 2. The van der Waals surface area contributed by atoms with Gasteiger partial charge >= 0.3 is 18.0 Å². The monoisotopic (exact) mass is 394 g/mol. The highest BCUT2D eigenvalue weighted by atomic mass is 19.4. The SMILES string of the molecule is CC1(C)C(C=CO)(C(=O)[O-])CCC1(C(=O)[O-])C(F)(F)C(F)(F)C(F)(F)F. The molecule has 150 valence electrons. The zero-order valence-electron chi connectivity index (χ0n) is 13.3. The van der Waals surface area contributed by atoms with Crippen LogP contribution in [0.3, 0.4) is 0 Å². The van der Waals surface area contributed by atoms with Gasteiger partial charge in [0.1, 0.15) is 0 Å². The molecule has 0 bridgehead atoms. The van der Waals surface area contributed by atoms with Crippen LogP contribution in [0.5, 0.6) is 0 Å². The van der Waals surface area contributed by atoms with Crippen LogP contribution in [0.4, 0.5) is 30.7 Å². The fourth-order valence-electron chi connectivity index (χ4n) is 3.72. The summed E-state index contributed by atoms with van der Waals surface area (Å²) in [4.78, 5) is 23.0. The van der Waals surface area contributed by atoms with Crippen molar-refractivity contribution in [2.75, 3.05) is 0 Å². The molecule has 1 aliphatic rings. The van der Waals surface area contributed by atoms with Crippen LogP contribution in [0.25, 0.3) is 0 Å². The summed E-state index contributed by atoms with van der Waals surface area (Å²) in [6, 6.07) is 0. The number of carbonyl (C=O) groups excluding carboxylic acids is 2. The molecule has 1 aliphatic carbocycles. The summed E-state index contributed by atoms with van der Waals surface area (Å²) in [6.07, 6.45) is -9.19. The second-order valence-electron chi connectivity index (χ2n) is 6.54. The minimum absolute atomic E-state index is 0.0307. The summed E-state index contributed by atoms with van der Waals surface area (Å²) in [5.74, 6) is -18.3. The third kappa shape index (κ3) is 2.22. The summed E-state index contributed by atoms with van der Waals surface area (Å²) in [5.41, 5.74) is -9.99. The van der Waals surface area contributed by atoms with Gasteiger partial charge in [-0.2, -0.15) is 30.7 Å². The van der Waals surface area contributed by atoms with Crippen molar-refractivity contribution in [3.05, 3.63) is 12.3 Å². The number of alkyl halides is 7. The quantitative estimate of drug-likeness (QED) is 0.558. The van der Waals surface area contributed by atoms with E-state index in [1.54, 1.807) is 0 Å². The topological polar surface area (TPSA) is 100 Å². The van der Waals surface area contributed by atoms with E-state index in [0.717, 1.165) is 0 Å². The van der Waals surface area contributed by atoms with E-state index in [0.29, 0.717) is 19.9 Å². The largest absolute Gasteiger partial charge is 0.549 e. The number of aliphatic carboxylic acids is 2. The number of hydrogen-bond donors (Lipinski definition) is 1. The third-order valence-corrected chi connectivity index (χ3v) is 5.43. The van der Waals surface area contributed by atoms with Gasteiger partial charge in [0.25, 0.3) is 0 Å². The first-order valence-electron chi connectivity index (χ1n) is 6.98. The van der Waals surface area contributed by atoms with Gasteiger partial charge < -0.3 is 24.9 Å². The van der Waals surface area contributed by atoms with Crippen LogP contribution in [0.15, 0.2) is 12.3 Å². The van der Waals surface area contributed by atoms with E-state index in [2.05, 4.69) is 0 Å². The molecule has 2 unspecified atom stereocenters. The lowest BCUT2D eigenvalue weighted by molar-refractivity contribution is -0.404. The van der Waals surface area contributed by atoms with Crippen molar-refractivity contribution in [2.45, 2.75) is 44.7 Å². The van der Waals surface area contributed by atoms with Crippen LogP contribution >= 0.6 is 0 Å². The molecule has 0 saturated heterocycles. The van der Waals surface area contributed by atoms with E-state index in [1.165, 1.54) is 0 Å². The fraction of sp³-hybridized carbons (Fsp3) is 0.714. The number of aliphatic hydroxyl groups is 1. The predicted molar refractivity (Wildman–Crippen MR) is 65.6 cm³/mol. The molecule has 5 nitrogen and oxygen atoms in total. The molecule has 1 fully saturated rings. The zero-order chi connectivity index (χ0) is 21.0. The Hall–Kier alpha value is -2.01. The highest BCUT2D eigenvalue weighted by Crippen LogP contribution is 2.71. The van der Waals surface area contributed by atoms with Crippen molar-refractivity contribution in [3.63, 3.8) is 0 Å². The second kappa shape index (κ2) is 5.74. The molecule has 0 spiro atoms. The first kappa shape index (κ1) is 22.0. The number of hydrogen-bond acceptors (Lipinski definition) is 5. The van der Waals surface area contributed by atoms with Crippen LogP contribution < -0.4 is 10.2 Å². The van der Waals surface area contributed by atoms with E-state index in [1.807, 2.05) is 0 Å². The Kier molecular flexibility index (Phi) is 4.87. The lowest BCUT2D eigenvalue weighted by Gasteiger charge is -2.54. The van der Waals surface area contributed by atoms with E-state index in [4.69, 9.17) is 5.11 Å². The van der Waals surface area contributed by atoms with Crippen LogP contribution in [0.1, 0.15) is 26.7 Å². The van der Waals surface area contributed by atoms with Gasteiger partial charge in [0.15, 0.2) is 0 Å². The summed E-state index contributed by atoms with van der Waals surface area (Å²) >= 11 is 0. The first-order chi connectivity index (χ1) is 11.4. The lowest BCUT2D eigenvalue weighted by atomic mass is 9.55. The second-order valence-corrected chi connectivity index (χ2v) is 6.54. The number of carboxylic acid groups (broad SMARTS) is 2. The van der Waals surface area contributed by atoms with E-state index >= 15 is 0 Å². The number of carboxylic acids is 2. The Morgan fingerprint density at radius 2 is 1.42 bits per heavy atom. The van der Waals surface area contributed by atoms with Crippen molar-refractivity contribution in [2.24, 2.45) is 16.2 Å². The molecule has 0 aromatic rings. The highest BCUT2D eigenvalue weighted by molar-refractivity contribution is 5.83. The Labute approximate surface area is 142 Å². The fourth-order valence-corrected chi connectivity index (χ4v) is 3.72. The molecule has 0 aliphatic heterocycles. The van der Waals surface area contributed by atoms with Crippen LogP contribution in [-0.4, -0.2) is 35.1 Å². The van der Waals surface area contributed by atoms with Crippen LogP contribution in [-0.2, 0) is 9.59 Å². The predicted octanol–water partition coefficient (Wildman–Crippen LogP) is 1.18. The van der Waals surface area contributed by atoms with Gasteiger partial charge in [-0.05, 0) is 24.3 Å². The van der Waals surface area contributed by atoms with Gasteiger partial charge in [0.2, 0.25) is 0 Å². The van der Waals surface area contributed by atoms with Gasteiger partial charge in [-0.3, -0.25) is 0 Å². The molecule has 1 saturated carbocycles. The number of halogens is 7. The maximum atomic E-state index is 14.5. The Morgan fingerprint density at radius 3 is 1.73 bits per heavy atom. The molecule has 2 atom stereocenters. The molecular formula is C14H13F7O5-2. The van der Waals surface area contributed by atoms with Crippen molar-refractivity contribution < 1.29 is 55.6 Å². The van der Waals surface area contributed by atoms with Crippen molar-refractivity contribution >= 4 is 11.9 Å². The molecule has 0 radical (unpaired) electrons. The molecular weight excluding hydrogens is 381 g/mol. The average molecular weight is 394 g/mol. The molecule has 0 aromatic carbocycles. The van der Waals surface area contributed by atoms with E-state index in [-0.39, 0.29) is 6.26 Å². The Bertz CT molecular complexity index is 640. The lowest BCUT2D eigenvalue weighted by Crippen LogP contribution is -2.70. The molecule has 12 heteroatoms. The van der Waals surface area contributed by atoms with Crippen LogP contribution in [0, 0.1) is 16.2 Å². The molecule has 1 N–H and O–H groups in total. The standard InChI is InChI=1S/C14H15F7O5/c1-9(2)10(5-6-22,7(23)24)3-4-11(9,8(25)26)12(15,16)13(17,18)14(19,20)21/h5-6,22H,3-4H2,1-2H3,(H,23,24)(H,25,26)/p-2. The molecule has 0 aromatic heterocycles. The van der Waals surface area contributed by atoms with Crippen molar-refractivity contribution in [1.29, 1.82) is 0 Å². The summed E-state index contributed by atoms with van der Waals surface area (Å²) in [6.45, 7) is 0.929. The van der Waals surface area contributed by atoms with E-state index in [9.17, 15) is 50.5 Å². The van der Waals surface area contributed by atoms with Gasteiger partial charge in [0, 0.05) is 5.41 Å². The van der Waals surface area contributed by atoms with Crippen molar-refractivity contribution in [1.82, 2.24) is 0 Å². The average Bonchev–Trinajstić information content (AvgIpc) is 2.67. The number of aliphatic hydroxyl groups excluding tert-OH is 1. The molecule has 1 rings (SSSR count). The maximum Gasteiger partial charge on any atom is 0.459 e. The van der Waals surface area contributed by atoms with Gasteiger partial charge in [-0.1, -0.05) is 13.8 Å². The highest BCUT2D eigenvalue weighted by Gasteiger charge is 2.85. The minimum atomic E-state index is -6.82. The Balaban J connectivity index is 3.89. The van der Waals surface area contributed by atoms with Gasteiger partial charge in [0.05, 0.1) is 23.6 Å². The smallest absolute Gasteiger partial charge is 0.459 e. The zero-order valence-corrected chi connectivity index (χ0v) is 13.3. The van der Waals surface area contributed by atoms with Crippen LogP contribution in [0.2, 0.25) is 0 Å². The molecule has 0 amide bonds. The first-order valence-corrected chi connectivity index (χ1v) is 6.98. The summed E-state index contributed by atoms with van der Waals surface area (Å²) < 4.78 is 93.6. The molecule has 26 heavy (non-hydrogen) atoms. The van der Waals surface area contributed by atoms with E-state index < -0.39 is 59.0 Å². The maximum absolute atomic E-state index is 14.5. The summed E-state index contributed by atoms with van der Waals surface area (Å²) in [7, 11) is 0. The molecule has 0 heterocycles. The third-order valence-electron chi connectivity index (χ3n) is 5.43. The van der Waals surface area contributed by atoms with Crippen molar-refractivity contribution in [3.8, 4) is 0 Å². The normalized spacial score (nSPS) is 29.9. The summed E-state index contributed by atoms with van der Waals surface area (Å²) in [5, 5.41) is 31.8. The van der Waals surface area contributed by atoms with Gasteiger partial charge in [-0.15, -0.1) is 0 Å². The number of rotatable bonds is 5. The minimum Gasteiger partial charge on any atom is -0.549 e.